The van der Waals surface area contributed by atoms with E-state index in [4.69, 9.17) is 0 Å². The fourth-order valence-electron chi connectivity index (χ4n) is 1.60. The van der Waals surface area contributed by atoms with Crippen LogP contribution < -0.4 is 0 Å². The average Bonchev–Trinajstić information content (AvgIpc) is 2.89. The second-order valence-corrected chi connectivity index (χ2v) is 4.73. The van der Waals surface area contributed by atoms with E-state index in [0.717, 1.165) is 18.2 Å². The maximum absolute atomic E-state index is 4.48. The van der Waals surface area contributed by atoms with Gasteiger partial charge in [-0.15, -0.1) is 0 Å². The molecule has 1 aromatic heterocycles. The quantitative estimate of drug-likeness (QED) is 0.797. The number of aryl methyl sites for hydroxylation is 2. The van der Waals surface area contributed by atoms with Crippen LogP contribution in [0.15, 0.2) is 4.47 Å². The zero-order valence-electron chi connectivity index (χ0n) is 8.18. The average molecular weight is 243 g/mol. The molecule has 0 amide bonds. The zero-order valence-corrected chi connectivity index (χ0v) is 9.76. The van der Waals surface area contributed by atoms with E-state index in [0.29, 0.717) is 0 Å². The van der Waals surface area contributed by atoms with Gasteiger partial charge in [-0.25, -0.2) is 0 Å². The van der Waals surface area contributed by atoms with Crippen LogP contribution >= 0.6 is 15.9 Å². The largest absolute Gasteiger partial charge is 0.268 e. The summed E-state index contributed by atoms with van der Waals surface area (Å²) in [6, 6.07) is 0. The molecule has 0 spiro atoms. The van der Waals surface area contributed by atoms with E-state index >= 15 is 0 Å². The minimum absolute atomic E-state index is 0.989. The second-order valence-electron chi connectivity index (χ2n) is 3.94. The summed E-state index contributed by atoms with van der Waals surface area (Å²) in [6.45, 7) is 5.25. The van der Waals surface area contributed by atoms with Gasteiger partial charge in [0, 0.05) is 12.2 Å². The van der Waals surface area contributed by atoms with Crippen LogP contribution in [0, 0.1) is 19.8 Å². The summed E-state index contributed by atoms with van der Waals surface area (Å²) in [4.78, 5) is 0. The number of nitrogens with zero attached hydrogens (tertiary/aromatic N) is 2. The first-order chi connectivity index (χ1) is 6.18. The number of hydrogen-bond donors (Lipinski definition) is 0. The summed E-state index contributed by atoms with van der Waals surface area (Å²) in [5, 5.41) is 4.48. The zero-order chi connectivity index (χ0) is 9.42. The van der Waals surface area contributed by atoms with Crippen LogP contribution in [-0.2, 0) is 6.54 Å². The van der Waals surface area contributed by atoms with Crippen molar-refractivity contribution in [2.45, 2.75) is 39.7 Å². The number of aromatic nitrogens is 2. The molecule has 1 aromatic rings. The van der Waals surface area contributed by atoms with Crippen LogP contribution in [0.2, 0.25) is 0 Å². The van der Waals surface area contributed by atoms with Gasteiger partial charge in [0.05, 0.1) is 10.2 Å². The first-order valence-corrected chi connectivity index (χ1v) is 5.67. The Morgan fingerprint density at radius 3 is 2.62 bits per heavy atom. The molecule has 3 heteroatoms. The van der Waals surface area contributed by atoms with Crippen molar-refractivity contribution in [3.05, 3.63) is 15.9 Å². The number of hydrogen-bond acceptors (Lipinski definition) is 1. The van der Waals surface area contributed by atoms with Crippen molar-refractivity contribution in [2.24, 2.45) is 5.92 Å². The van der Waals surface area contributed by atoms with Gasteiger partial charge in [-0.3, -0.25) is 4.68 Å². The Balaban J connectivity index is 2.05. The van der Waals surface area contributed by atoms with Gasteiger partial charge in [0.2, 0.25) is 0 Å². The van der Waals surface area contributed by atoms with Gasteiger partial charge in [0.15, 0.2) is 0 Å². The normalized spacial score (nSPS) is 16.5. The minimum Gasteiger partial charge on any atom is -0.268 e. The van der Waals surface area contributed by atoms with Gasteiger partial charge in [0.1, 0.15) is 0 Å². The molecule has 0 saturated heterocycles. The molecule has 2 rings (SSSR count). The van der Waals surface area contributed by atoms with Crippen molar-refractivity contribution in [3.8, 4) is 0 Å². The highest BCUT2D eigenvalue weighted by Crippen LogP contribution is 2.33. The summed E-state index contributed by atoms with van der Waals surface area (Å²) in [5.41, 5.74) is 2.37. The molecule has 0 aliphatic heterocycles. The van der Waals surface area contributed by atoms with Crippen molar-refractivity contribution in [2.75, 3.05) is 0 Å². The molecule has 0 N–H and O–H groups in total. The molecular formula is C10H15BrN2. The SMILES string of the molecule is Cc1nn(CCC2CC2)c(C)c1Br. The Morgan fingerprint density at radius 2 is 2.15 bits per heavy atom. The molecule has 0 radical (unpaired) electrons. The molecular weight excluding hydrogens is 228 g/mol. The van der Waals surface area contributed by atoms with E-state index in [1.165, 1.54) is 29.4 Å². The highest BCUT2D eigenvalue weighted by atomic mass is 79.9. The Kier molecular flexibility index (Phi) is 2.45. The third-order valence-electron chi connectivity index (χ3n) is 2.74. The Hall–Kier alpha value is -0.310. The van der Waals surface area contributed by atoms with Gasteiger partial charge in [0.25, 0.3) is 0 Å². The van der Waals surface area contributed by atoms with Crippen molar-refractivity contribution in [1.29, 1.82) is 0 Å². The number of halogens is 1. The standard InChI is InChI=1S/C10H15BrN2/c1-7-10(11)8(2)13(12-7)6-5-9-3-4-9/h9H,3-6H2,1-2H3. The van der Waals surface area contributed by atoms with Crippen LogP contribution in [0.5, 0.6) is 0 Å². The lowest BCUT2D eigenvalue weighted by atomic mass is 10.3. The van der Waals surface area contributed by atoms with Crippen LogP contribution in [0.25, 0.3) is 0 Å². The molecule has 1 saturated carbocycles. The van der Waals surface area contributed by atoms with E-state index in [-0.39, 0.29) is 0 Å². The highest BCUT2D eigenvalue weighted by Gasteiger charge is 2.21. The summed E-state index contributed by atoms with van der Waals surface area (Å²) in [5.74, 6) is 0.989. The van der Waals surface area contributed by atoms with Crippen molar-refractivity contribution in [1.82, 2.24) is 9.78 Å². The second kappa shape index (κ2) is 3.45. The molecule has 72 valence electrons. The van der Waals surface area contributed by atoms with Crippen molar-refractivity contribution < 1.29 is 0 Å². The highest BCUT2D eigenvalue weighted by molar-refractivity contribution is 9.10. The molecule has 1 heterocycles. The molecule has 0 atom stereocenters. The fourth-order valence-corrected chi connectivity index (χ4v) is 1.89. The summed E-state index contributed by atoms with van der Waals surface area (Å²) < 4.78 is 3.29. The lowest BCUT2D eigenvalue weighted by molar-refractivity contribution is 0.533. The summed E-state index contributed by atoms with van der Waals surface area (Å²) in [6.07, 6.45) is 4.16. The Morgan fingerprint density at radius 1 is 1.46 bits per heavy atom. The first-order valence-electron chi connectivity index (χ1n) is 4.88. The molecule has 0 bridgehead atoms. The van der Waals surface area contributed by atoms with Crippen LogP contribution in [0.3, 0.4) is 0 Å². The topological polar surface area (TPSA) is 17.8 Å². The van der Waals surface area contributed by atoms with Gasteiger partial charge in [-0.2, -0.15) is 5.10 Å². The molecule has 13 heavy (non-hydrogen) atoms. The van der Waals surface area contributed by atoms with Crippen LogP contribution in [-0.4, -0.2) is 9.78 Å². The van der Waals surface area contributed by atoms with E-state index in [1.54, 1.807) is 0 Å². The van der Waals surface area contributed by atoms with Gasteiger partial charge >= 0.3 is 0 Å². The summed E-state index contributed by atoms with van der Waals surface area (Å²) in [7, 11) is 0. The van der Waals surface area contributed by atoms with E-state index < -0.39 is 0 Å². The maximum Gasteiger partial charge on any atom is 0.0738 e. The molecule has 1 fully saturated rings. The first kappa shape index (κ1) is 9.25. The minimum atomic E-state index is 0.989. The third kappa shape index (κ3) is 1.96. The summed E-state index contributed by atoms with van der Waals surface area (Å²) >= 11 is 3.54. The lowest BCUT2D eigenvalue weighted by Gasteiger charge is -2.02. The third-order valence-corrected chi connectivity index (χ3v) is 3.89. The van der Waals surface area contributed by atoms with Crippen molar-refractivity contribution in [3.63, 3.8) is 0 Å². The predicted octanol–water partition coefficient (Wildman–Crippen LogP) is 3.06. The van der Waals surface area contributed by atoms with Crippen LogP contribution in [0.4, 0.5) is 0 Å². The monoisotopic (exact) mass is 242 g/mol. The molecule has 0 aromatic carbocycles. The van der Waals surface area contributed by atoms with Crippen LogP contribution in [0.1, 0.15) is 30.7 Å². The van der Waals surface area contributed by atoms with E-state index in [1.807, 2.05) is 6.92 Å². The number of rotatable bonds is 3. The Bertz CT molecular complexity index is 313. The molecule has 0 unspecified atom stereocenters. The van der Waals surface area contributed by atoms with Gasteiger partial charge < -0.3 is 0 Å². The molecule has 2 nitrogen and oxygen atoms in total. The van der Waals surface area contributed by atoms with E-state index in [9.17, 15) is 0 Å². The fraction of sp³-hybridized carbons (Fsp3) is 0.700. The smallest absolute Gasteiger partial charge is 0.0738 e. The molecule has 1 aliphatic rings. The predicted molar refractivity (Wildman–Crippen MR) is 56.7 cm³/mol. The van der Waals surface area contributed by atoms with E-state index in [2.05, 4.69) is 32.6 Å². The Labute approximate surface area is 87.5 Å². The van der Waals surface area contributed by atoms with Crippen molar-refractivity contribution >= 4 is 15.9 Å². The molecule has 1 aliphatic carbocycles. The lowest BCUT2D eigenvalue weighted by Crippen LogP contribution is -2.03. The van der Waals surface area contributed by atoms with Gasteiger partial charge in [-0.1, -0.05) is 12.8 Å². The maximum atomic E-state index is 4.48. The van der Waals surface area contributed by atoms with Gasteiger partial charge in [-0.05, 0) is 42.1 Å².